The van der Waals surface area contributed by atoms with E-state index in [1.807, 2.05) is 42.5 Å². The van der Waals surface area contributed by atoms with Gasteiger partial charge in [0.1, 0.15) is 0 Å². The number of anilines is 1. The molecule has 4 nitrogen and oxygen atoms in total. The maximum Gasteiger partial charge on any atom is 0.292 e. The van der Waals surface area contributed by atoms with Gasteiger partial charge in [-0.3, -0.25) is 4.79 Å². The number of carbonyl (C=O) groups excluding carboxylic acids is 1. The van der Waals surface area contributed by atoms with Gasteiger partial charge in [-0.2, -0.15) is 0 Å². The second kappa shape index (κ2) is 5.60. The Kier molecular flexibility index (Phi) is 3.69. The summed E-state index contributed by atoms with van der Waals surface area (Å²) in [5.74, 6) is -1.52. The largest absolute Gasteiger partial charge is 0.336 e. The van der Waals surface area contributed by atoms with Crippen molar-refractivity contribution in [3.8, 4) is 0 Å². The van der Waals surface area contributed by atoms with Crippen LogP contribution in [0.4, 0.5) is 5.69 Å². The van der Waals surface area contributed by atoms with Crippen LogP contribution in [0.1, 0.15) is 11.1 Å². The van der Waals surface area contributed by atoms with Crippen molar-refractivity contribution in [2.24, 2.45) is 0 Å². The molecule has 0 unspecified atom stereocenters. The predicted octanol–water partition coefficient (Wildman–Crippen LogP) is 3.85. The van der Waals surface area contributed by atoms with Crippen molar-refractivity contribution in [1.29, 1.82) is 0 Å². The Bertz CT molecular complexity index is 789. The molecule has 2 aliphatic rings. The van der Waals surface area contributed by atoms with Crippen molar-refractivity contribution in [2.45, 2.75) is 12.3 Å². The fraction of sp³-hybridized carbons (Fsp3) is 0.235. The van der Waals surface area contributed by atoms with Crippen LogP contribution < -0.4 is 4.90 Å². The molecule has 0 bridgehead atoms. The molecule has 2 aromatic carbocycles. The number of hydrogen-bond acceptors (Lipinski definition) is 3. The lowest BCUT2D eigenvalue weighted by molar-refractivity contribution is -0.180. The van der Waals surface area contributed by atoms with Crippen LogP contribution >= 0.6 is 27.5 Å². The summed E-state index contributed by atoms with van der Waals surface area (Å²) in [5, 5.41) is 0.633. The molecule has 6 heteroatoms. The quantitative estimate of drug-likeness (QED) is 0.777. The topological polar surface area (TPSA) is 38.8 Å². The van der Waals surface area contributed by atoms with Crippen LogP contribution in [0.3, 0.4) is 0 Å². The van der Waals surface area contributed by atoms with Crippen LogP contribution in [0.15, 0.2) is 46.9 Å². The smallest absolute Gasteiger partial charge is 0.292 e. The van der Waals surface area contributed by atoms with Gasteiger partial charge in [-0.15, -0.1) is 0 Å². The first-order valence-electron chi connectivity index (χ1n) is 7.25. The third-order valence-corrected chi connectivity index (χ3v) is 4.97. The Hall–Kier alpha value is -1.40. The minimum absolute atomic E-state index is 0.206. The summed E-state index contributed by atoms with van der Waals surface area (Å²) in [6.45, 7) is 1.18. The van der Waals surface area contributed by atoms with Crippen LogP contribution in [-0.4, -0.2) is 19.1 Å². The monoisotopic (exact) mass is 393 g/mol. The van der Waals surface area contributed by atoms with Gasteiger partial charge in [-0.1, -0.05) is 45.7 Å². The number of halogens is 2. The molecule has 0 saturated carbocycles. The van der Waals surface area contributed by atoms with Crippen molar-refractivity contribution in [2.75, 3.05) is 18.1 Å². The van der Waals surface area contributed by atoms with Gasteiger partial charge in [0, 0.05) is 15.1 Å². The van der Waals surface area contributed by atoms with Crippen molar-refractivity contribution in [3.05, 3.63) is 63.1 Å². The zero-order valence-electron chi connectivity index (χ0n) is 12.1. The Morgan fingerprint density at radius 2 is 1.91 bits per heavy atom. The molecule has 2 heterocycles. The molecule has 0 atom stereocenters. The van der Waals surface area contributed by atoms with Gasteiger partial charge >= 0.3 is 0 Å². The Morgan fingerprint density at radius 1 is 1.17 bits per heavy atom. The van der Waals surface area contributed by atoms with Gasteiger partial charge in [0.2, 0.25) is 0 Å². The van der Waals surface area contributed by atoms with Gasteiger partial charge in [-0.25, -0.2) is 0 Å². The lowest BCUT2D eigenvalue weighted by Crippen LogP contribution is -2.40. The maximum absolute atomic E-state index is 13.0. The van der Waals surface area contributed by atoms with E-state index in [2.05, 4.69) is 15.9 Å². The molecule has 0 aliphatic carbocycles. The second-order valence-electron chi connectivity index (χ2n) is 5.46. The van der Waals surface area contributed by atoms with Gasteiger partial charge < -0.3 is 14.4 Å². The lowest BCUT2D eigenvalue weighted by Gasteiger charge is -2.22. The molecule has 0 radical (unpaired) electrons. The van der Waals surface area contributed by atoms with E-state index in [1.54, 1.807) is 4.90 Å². The molecule has 1 amide bonds. The van der Waals surface area contributed by atoms with Crippen molar-refractivity contribution >= 4 is 39.1 Å². The number of fused-ring (bicyclic) bond motifs is 2. The first-order chi connectivity index (χ1) is 11.1. The minimum Gasteiger partial charge on any atom is -0.336 e. The molecule has 1 saturated heterocycles. The fourth-order valence-corrected chi connectivity index (χ4v) is 3.61. The highest BCUT2D eigenvalue weighted by atomic mass is 79.9. The van der Waals surface area contributed by atoms with Crippen LogP contribution in [0.2, 0.25) is 5.02 Å². The zero-order valence-corrected chi connectivity index (χ0v) is 14.4. The summed E-state index contributed by atoms with van der Waals surface area (Å²) in [5.41, 5.74) is 2.41. The fourth-order valence-electron chi connectivity index (χ4n) is 3.05. The first kappa shape index (κ1) is 15.1. The number of amides is 1. The molecule has 118 valence electrons. The van der Waals surface area contributed by atoms with E-state index in [0.717, 1.165) is 21.3 Å². The van der Waals surface area contributed by atoms with Crippen molar-refractivity contribution in [1.82, 2.24) is 0 Å². The Balaban J connectivity index is 1.80. The summed E-state index contributed by atoms with van der Waals surface area (Å²) in [4.78, 5) is 14.7. The summed E-state index contributed by atoms with van der Waals surface area (Å²) < 4.78 is 12.3. The average Bonchev–Trinajstić information content (AvgIpc) is 3.11. The van der Waals surface area contributed by atoms with E-state index < -0.39 is 5.79 Å². The van der Waals surface area contributed by atoms with E-state index in [-0.39, 0.29) is 5.91 Å². The van der Waals surface area contributed by atoms with Crippen molar-refractivity contribution in [3.63, 3.8) is 0 Å². The Morgan fingerprint density at radius 3 is 2.65 bits per heavy atom. The molecule has 23 heavy (non-hydrogen) atoms. The summed E-state index contributed by atoms with van der Waals surface area (Å²) in [6.07, 6.45) is 0. The molecule has 1 spiro atoms. The SMILES string of the molecule is O=C1N(Cc2ccccc2Cl)c2ccc(Br)cc2C12OCCO2. The van der Waals surface area contributed by atoms with Crippen LogP contribution in [-0.2, 0) is 26.6 Å². The van der Waals surface area contributed by atoms with Gasteiger partial charge in [0.05, 0.1) is 25.4 Å². The van der Waals surface area contributed by atoms with Crippen molar-refractivity contribution < 1.29 is 14.3 Å². The normalized spacial score (nSPS) is 18.7. The molecule has 2 aliphatic heterocycles. The molecule has 2 aromatic rings. The minimum atomic E-state index is -1.32. The molecular formula is C17H13BrClNO3. The van der Waals surface area contributed by atoms with E-state index in [0.29, 0.717) is 24.8 Å². The Labute approximate surface area is 147 Å². The average molecular weight is 395 g/mol. The number of nitrogens with zero attached hydrogens (tertiary/aromatic N) is 1. The third-order valence-electron chi connectivity index (χ3n) is 4.11. The summed E-state index contributed by atoms with van der Waals surface area (Å²) in [7, 11) is 0. The number of rotatable bonds is 2. The number of hydrogen-bond donors (Lipinski definition) is 0. The molecular weight excluding hydrogens is 382 g/mol. The number of ether oxygens (including phenoxy) is 2. The molecule has 0 N–H and O–H groups in total. The van der Waals surface area contributed by atoms with Gasteiger partial charge in [0.15, 0.2) is 0 Å². The third kappa shape index (κ3) is 2.31. The molecule has 1 fully saturated rings. The summed E-state index contributed by atoms with van der Waals surface area (Å²) >= 11 is 9.70. The molecule has 4 rings (SSSR count). The summed E-state index contributed by atoms with van der Waals surface area (Å²) in [6, 6.07) is 13.2. The number of carbonyl (C=O) groups is 1. The zero-order chi connectivity index (χ0) is 16.0. The van der Waals surface area contributed by atoms with E-state index in [9.17, 15) is 4.79 Å². The first-order valence-corrected chi connectivity index (χ1v) is 8.42. The highest BCUT2D eigenvalue weighted by Crippen LogP contribution is 2.47. The van der Waals surface area contributed by atoms with Crippen LogP contribution in [0.25, 0.3) is 0 Å². The van der Waals surface area contributed by atoms with Gasteiger partial charge in [0.25, 0.3) is 11.7 Å². The maximum atomic E-state index is 13.0. The van der Waals surface area contributed by atoms with E-state index >= 15 is 0 Å². The van der Waals surface area contributed by atoms with Gasteiger partial charge in [-0.05, 0) is 29.8 Å². The highest BCUT2D eigenvalue weighted by Gasteiger charge is 2.56. The van der Waals surface area contributed by atoms with E-state index in [4.69, 9.17) is 21.1 Å². The van der Waals surface area contributed by atoms with Crippen LogP contribution in [0.5, 0.6) is 0 Å². The van der Waals surface area contributed by atoms with E-state index in [1.165, 1.54) is 0 Å². The highest BCUT2D eigenvalue weighted by molar-refractivity contribution is 9.10. The van der Waals surface area contributed by atoms with Crippen LogP contribution in [0, 0.1) is 0 Å². The predicted molar refractivity (Wildman–Crippen MR) is 90.4 cm³/mol. The standard InChI is InChI=1S/C17H13BrClNO3/c18-12-5-6-15-13(9-12)17(22-7-8-23-17)16(21)20(15)10-11-3-1-2-4-14(11)19/h1-6,9H,7-8,10H2. The number of benzene rings is 2. The molecule has 0 aromatic heterocycles. The lowest BCUT2D eigenvalue weighted by atomic mass is 10.1. The second-order valence-corrected chi connectivity index (χ2v) is 6.78.